The molecule has 7 heteroatoms. The smallest absolute Gasteiger partial charge is 0.228 e. The van der Waals surface area contributed by atoms with Crippen molar-refractivity contribution in [2.24, 2.45) is 7.05 Å². The van der Waals surface area contributed by atoms with Gasteiger partial charge in [-0.15, -0.1) is 0 Å². The van der Waals surface area contributed by atoms with E-state index in [1.54, 1.807) is 33.2 Å². The zero-order valence-corrected chi connectivity index (χ0v) is 14.3. The first kappa shape index (κ1) is 15.1. The molecule has 2 rings (SSSR count). The second kappa shape index (κ2) is 5.97. The van der Waals surface area contributed by atoms with Crippen LogP contribution in [0.2, 0.25) is 0 Å². The van der Waals surface area contributed by atoms with Crippen molar-refractivity contribution in [2.75, 3.05) is 7.11 Å². The Morgan fingerprint density at radius 1 is 1.25 bits per heavy atom. The van der Waals surface area contributed by atoms with Crippen LogP contribution in [-0.4, -0.2) is 23.2 Å². The Bertz CT molecular complexity index is 668. The number of hydrogen-bond acceptors (Lipinski definition) is 4. The average Bonchev–Trinajstić information content (AvgIpc) is 2.67. The molecule has 0 aliphatic heterocycles. The summed E-state index contributed by atoms with van der Waals surface area (Å²) >= 11 is 6.81. The maximum absolute atomic E-state index is 11.1. The molecule has 106 valence electrons. The molecule has 0 fully saturated rings. The predicted molar refractivity (Wildman–Crippen MR) is 81.8 cm³/mol. The van der Waals surface area contributed by atoms with Gasteiger partial charge in [-0.1, -0.05) is 0 Å². The highest BCUT2D eigenvalue weighted by atomic mass is 79.9. The van der Waals surface area contributed by atoms with E-state index in [2.05, 4.69) is 37.0 Å². The standard InChI is InChI=1S/C13H12Br2N2O3/c1-7-8(6-18)13(17(2)16-7)20-12-5-9(14)11(19-3)4-10(12)15/h4-6H,1-3H3. The lowest BCUT2D eigenvalue weighted by atomic mass is 10.3. The number of halogens is 2. The van der Waals surface area contributed by atoms with Crippen molar-refractivity contribution in [2.45, 2.75) is 6.92 Å². The van der Waals surface area contributed by atoms with Crippen molar-refractivity contribution in [3.05, 3.63) is 32.3 Å². The van der Waals surface area contributed by atoms with Crippen LogP contribution in [0.5, 0.6) is 17.4 Å². The van der Waals surface area contributed by atoms with Gasteiger partial charge in [-0.25, -0.2) is 4.68 Å². The maximum Gasteiger partial charge on any atom is 0.228 e. The lowest BCUT2D eigenvalue weighted by Gasteiger charge is -2.11. The molecule has 1 aromatic carbocycles. The van der Waals surface area contributed by atoms with Crippen LogP contribution in [-0.2, 0) is 7.05 Å². The molecule has 0 aliphatic carbocycles. The SMILES string of the molecule is COc1cc(Br)c(Oc2c(C=O)c(C)nn2C)cc1Br. The average molecular weight is 404 g/mol. The van der Waals surface area contributed by atoms with Crippen molar-refractivity contribution in [1.82, 2.24) is 9.78 Å². The van der Waals surface area contributed by atoms with E-state index in [0.29, 0.717) is 33.1 Å². The first-order valence-corrected chi connectivity index (χ1v) is 7.26. The molecule has 0 radical (unpaired) electrons. The monoisotopic (exact) mass is 402 g/mol. The minimum Gasteiger partial charge on any atom is -0.496 e. The van der Waals surface area contributed by atoms with E-state index in [1.807, 2.05) is 0 Å². The molecule has 0 saturated heterocycles. The van der Waals surface area contributed by atoms with Gasteiger partial charge in [-0.3, -0.25) is 4.79 Å². The summed E-state index contributed by atoms with van der Waals surface area (Å²) in [5.41, 5.74) is 1.06. The first-order chi connectivity index (χ1) is 9.47. The van der Waals surface area contributed by atoms with Crippen LogP contribution in [0.25, 0.3) is 0 Å². The third kappa shape index (κ3) is 2.73. The highest BCUT2D eigenvalue weighted by Gasteiger charge is 2.17. The van der Waals surface area contributed by atoms with E-state index >= 15 is 0 Å². The van der Waals surface area contributed by atoms with Crippen LogP contribution in [0.3, 0.4) is 0 Å². The van der Waals surface area contributed by atoms with Gasteiger partial charge in [0.05, 0.1) is 27.3 Å². The van der Waals surface area contributed by atoms with Crippen molar-refractivity contribution >= 4 is 38.1 Å². The Balaban J connectivity index is 2.45. The number of benzene rings is 1. The zero-order valence-electron chi connectivity index (χ0n) is 11.1. The third-order valence-corrected chi connectivity index (χ3v) is 3.98. The minimum absolute atomic E-state index is 0.398. The fourth-order valence-corrected chi connectivity index (χ4v) is 2.65. The van der Waals surface area contributed by atoms with Gasteiger partial charge < -0.3 is 9.47 Å². The van der Waals surface area contributed by atoms with Gasteiger partial charge in [0.2, 0.25) is 5.88 Å². The summed E-state index contributed by atoms with van der Waals surface area (Å²) in [5, 5.41) is 4.17. The lowest BCUT2D eigenvalue weighted by Crippen LogP contribution is -1.98. The van der Waals surface area contributed by atoms with E-state index in [4.69, 9.17) is 9.47 Å². The van der Waals surface area contributed by atoms with Gasteiger partial charge in [0.1, 0.15) is 11.5 Å². The van der Waals surface area contributed by atoms with E-state index in [-0.39, 0.29) is 0 Å². The van der Waals surface area contributed by atoms with Crippen LogP contribution in [0, 0.1) is 6.92 Å². The van der Waals surface area contributed by atoms with Crippen LogP contribution in [0.4, 0.5) is 0 Å². The summed E-state index contributed by atoms with van der Waals surface area (Å²) < 4.78 is 14.0. The Morgan fingerprint density at radius 2 is 1.85 bits per heavy atom. The topological polar surface area (TPSA) is 53.4 Å². The highest BCUT2D eigenvalue weighted by molar-refractivity contribution is 9.11. The predicted octanol–water partition coefficient (Wildman–Crippen LogP) is 3.87. The normalized spacial score (nSPS) is 10.4. The Kier molecular flexibility index (Phi) is 4.49. The highest BCUT2D eigenvalue weighted by Crippen LogP contribution is 2.38. The lowest BCUT2D eigenvalue weighted by molar-refractivity contribution is 0.112. The van der Waals surface area contributed by atoms with Crippen molar-refractivity contribution in [3.8, 4) is 17.4 Å². The third-order valence-electron chi connectivity index (χ3n) is 2.74. The molecular weight excluding hydrogens is 392 g/mol. The number of aromatic nitrogens is 2. The fraction of sp³-hybridized carbons (Fsp3) is 0.231. The van der Waals surface area contributed by atoms with Gasteiger partial charge >= 0.3 is 0 Å². The number of carbonyl (C=O) groups is 1. The van der Waals surface area contributed by atoms with Gasteiger partial charge in [0.25, 0.3) is 0 Å². The molecule has 0 spiro atoms. The number of nitrogens with zero attached hydrogens (tertiary/aromatic N) is 2. The van der Waals surface area contributed by atoms with Crippen LogP contribution in [0.15, 0.2) is 21.1 Å². The summed E-state index contributed by atoms with van der Waals surface area (Å²) in [6.45, 7) is 1.76. The summed E-state index contributed by atoms with van der Waals surface area (Å²) in [6, 6.07) is 3.54. The molecule has 0 bridgehead atoms. The zero-order chi connectivity index (χ0) is 14.9. The molecule has 20 heavy (non-hydrogen) atoms. The van der Waals surface area contributed by atoms with Crippen molar-refractivity contribution in [1.29, 1.82) is 0 Å². The molecule has 1 heterocycles. The van der Waals surface area contributed by atoms with Gasteiger partial charge in [-0.2, -0.15) is 5.10 Å². The largest absolute Gasteiger partial charge is 0.496 e. The van der Waals surface area contributed by atoms with Crippen molar-refractivity contribution in [3.63, 3.8) is 0 Å². The minimum atomic E-state index is 0.398. The molecule has 2 aromatic rings. The fourth-order valence-electron chi connectivity index (χ4n) is 1.76. The number of ether oxygens (including phenoxy) is 2. The molecule has 5 nitrogen and oxygen atoms in total. The van der Waals surface area contributed by atoms with Crippen molar-refractivity contribution < 1.29 is 14.3 Å². The van der Waals surface area contributed by atoms with Crippen LogP contribution < -0.4 is 9.47 Å². The second-order valence-corrected chi connectivity index (χ2v) is 5.77. The van der Waals surface area contributed by atoms with E-state index in [0.717, 1.165) is 10.8 Å². The Labute approximate surface area is 133 Å². The second-order valence-electron chi connectivity index (χ2n) is 4.06. The quantitative estimate of drug-likeness (QED) is 0.727. The molecule has 0 amide bonds. The molecular formula is C13H12Br2N2O3. The number of aldehydes is 1. The molecule has 0 N–H and O–H groups in total. The van der Waals surface area contributed by atoms with Crippen LogP contribution in [0.1, 0.15) is 16.1 Å². The molecule has 0 atom stereocenters. The molecule has 0 aliphatic rings. The molecule has 0 unspecified atom stereocenters. The Morgan fingerprint density at radius 3 is 2.45 bits per heavy atom. The van der Waals surface area contributed by atoms with Crippen LogP contribution >= 0.6 is 31.9 Å². The Hall–Kier alpha value is -1.34. The number of aryl methyl sites for hydroxylation is 2. The molecule has 1 aromatic heterocycles. The van der Waals surface area contributed by atoms with Gasteiger partial charge in [-0.05, 0) is 50.9 Å². The maximum atomic E-state index is 11.1. The number of carbonyl (C=O) groups excluding carboxylic acids is 1. The summed E-state index contributed by atoms with van der Waals surface area (Å²) in [7, 11) is 3.31. The van der Waals surface area contributed by atoms with Gasteiger partial charge in [0, 0.05) is 7.05 Å². The summed E-state index contributed by atoms with van der Waals surface area (Å²) in [5.74, 6) is 1.64. The number of rotatable bonds is 4. The molecule has 0 saturated carbocycles. The van der Waals surface area contributed by atoms with Gasteiger partial charge in [0.15, 0.2) is 6.29 Å². The summed E-state index contributed by atoms with van der Waals surface area (Å²) in [4.78, 5) is 11.1. The van der Waals surface area contributed by atoms with E-state index < -0.39 is 0 Å². The first-order valence-electron chi connectivity index (χ1n) is 5.67. The number of methoxy groups -OCH3 is 1. The number of hydrogen-bond donors (Lipinski definition) is 0. The van der Waals surface area contributed by atoms with E-state index in [1.165, 1.54) is 4.68 Å². The van der Waals surface area contributed by atoms with E-state index in [9.17, 15) is 4.79 Å². The summed E-state index contributed by atoms with van der Waals surface area (Å²) in [6.07, 6.45) is 0.740.